The molecule has 4 heteroatoms. The van der Waals surface area contributed by atoms with Crippen LogP contribution < -0.4 is 5.73 Å². The average Bonchev–Trinajstić information content (AvgIpc) is 1.86. The number of aromatic amines is 1. The van der Waals surface area contributed by atoms with Gasteiger partial charge in [-0.2, -0.15) is 0 Å². The molecular weight excluding hydrogens is 143 g/mol. The molecule has 0 saturated carbocycles. The normalized spacial score (nSPS) is 7.43. The predicted octanol–water partition coefficient (Wildman–Crippen LogP) is -0.0106. The van der Waals surface area contributed by atoms with Crippen LogP contribution in [0.4, 0.5) is 5.95 Å². The van der Waals surface area contributed by atoms with E-state index in [2.05, 4.69) is 9.97 Å². The Morgan fingerprint density at radius 2 is 2.43 bits per heavy atom. The third-order valence-corrected chi connectivity index (χ3v) is 0.519. The summed E-state index contributed by atoms with van der Waals surface area (Å²) in [5.41, 5.74) is 5.11. The Bertz CT molecular complexity index is 114. The number of nitrogens with zero attached hydrogens (tertiary/aromatic N) is 1. The van der Waals surface area contributed by atoms with Crippen molar-refractivity contribution < 1.29 is 19.5 Å². The maximum Gasteiger partial charge on any atom is 0.197 e. The van der Waals surface area contributed by atoms with Crippen molar-refractivity contribution in [2.45, 2.75) is 0 Å². The van der Waals surface area contributed by atoms with Crippen LogP contribution in [0.3, 0.4) is 0 Å². The van der Waals surface area contributed by atoms with Gasteiger partial charge >= 0.3 is 0 Å². The summed E-state index contributed by atoms with van der Waals surface area (Å²) < 4.78 is 0. The maximum absolute atomic E-state index is 5.11. The Morgan fingerprint density at radius 1 is 1.71 bits per heavy atom. The van der Waals surface area contributed by atoms with Crippen molar-refractivity contribution in [1.82, 2.24) is 9.97 Å². The monoisotopic (exact) mass is 147 g/mol. The van der Waals surface area contributed by atoms with Gasteiger partial charge in [0, 0.05) is 31.9 Å². The van der Waals surface area contributed by atoms with E-state index in [9.17, 15) is 0 Å². The van der Waals surface area contributed by atoms with Crippen molar-refractivity contribution in [2.75, 3.05) is 5.73 Å². The zero-order valence-corrected chi connectivity index (χ0v) is 6.85. The van der Waals surface area contributed by atoms with Gasteiger partial charge in [0.05, 0.1) is 0 Å². The summed E-state index contributed by atoms with van der Waals surface area (Å²) in [6.45, 7) is 0. The minimum Gasteiger partial charge on any atom is -0.369 e. The Hall–Kier alpha value is -0.367. The third kappa shape index (κ3) is 1.69. The van der Waals surface area contributed by atoms with Gasteiger partial charge in [-0.3, -0.25) is 0 Å². The van der Waals surface area contributed by atoms with E-state index in [-0.39, 0.29) is 19.5 Å². The molecule has 1 rings (SSSR count). The molecule has 0 atom stereocenters. The molecule has 0 saturated heterocycles. The molecule has 0 amide bonds. The summed E-state index contributed by atoms with van der Waals surface area (Å²) in [6, 6.07) is 0. The van der Waals surface area contributed by atoms with Crippen LogP contribution in [0.2, 0.25) is 0 Å². The number of nitrogens with one attached hydrogen (secondary N) is 1. The topological polar surface area (TPSA) is 54.7 Å². The van der Waals surface area contributed by atoms with Crippen LogP contribution in [0, 0.1) is 0 Å². The maximum atomic E-state index is 5.11. The Balaban J connectivity index is 0.000000360. The minimum absolute atomic E-state index is 0. The fraction of sp³-hybridized carbons (Fsp3) is 0. The van der Waals surface area contributed by atoms with Crippen LogP contribution in [0.1, 0.15) is 0 Å². The van der Waals surface area contributed by atoms with Gasteiger partial charge in [0.15, 0.2) is 5.95 Å². The van der Waals surface area contributed by atoms with Crippen molar-refractivity contribution in [3.8, 4) is 0 Å². The number of imidazole rings is 1. The van der Waals surface area contributed by atoms with Gasteiger partial charge in [-0.25, -0.2) is 4.98 Å². The summed E-state index contributed by atoms with van der Waals surface area (Å²) in [4.78, 5) is 6.31. The standard InChI is InChI=1S/C3H5N3.Zn/c4-3-5-1-2-6-3;/h1-2H,(H3,4,5,6);. The van der Waals surface area contributed by atoms with E-state index in [1.165, 1.54) is 0 Å². The van der Waals surface area contributed by atoms with Crippen molar-refractivity contribution in [1.29, 1.82) is 0 Å². The van der Waals surface area contributed by atoms with Gasteiger partial charge in [0.2, 0.25) is 0 Å². The van der Waals surface area contributed by atoms with E-state index in [0.717, 1.165) is 0 Å². The smallest absolute Gasteiger partial charge is 0.197 e. The summed E-state index contributed by atoms with van der Waals surface area (Å²) in [6.07, 6.45) is 3.28. The van der Waals surface area contributed by atoms with E-state index in [1.807, 2.05) is 0 Å². The first-order valence-corrected chi connectivity index (χ1v) is 1.64. The molecule has 7 heavy (non-hydrogen) atoms. The zero-order valence-electron chi connectivity index (χ0n) is 3.89. The van der Waals surface area contributed by atoms with Gasteiger partial charge < -0.3 is 10.7 Å². The first kappa shape index (κ1) is 6.63. The fourth-order valence-electron chi connectivity index (χ4n) is 0.277. The van der Waals surface area contributed by atoms with Gasteiger partial charge in [-0.1, -0.05) is 0 Å². The second-order valence-corrected chi connectivity index (χ2v) is 0.974. The molecule has 0 unspecified atom stereocenters. The van der Waals surface area contributed by atoms with Crippen LogP contribution in [0.25, 0.3) is 0 Å². The van der Waals surface area contributed by atoms with Crippen LogP contribution in [-0.2, 0) is 19.5 Å². The van der Waals surface area contributed by atoms with Gasteiger partial charge in [0.1, 0.15) is 0 Å². The predicted molar refractivity (Wildman–Crippen MR) is 23.0 cm³/mol. The molecule has 0 bridgehead atoms. The Kier molecular flexibility index (Phi) is 2.60. The Labute approximate surface area is 54.1 Å². The molecule has 1 aromatic heterocycles. The summed E-state index contributed by atoms with van der Waals surface area (Å²) in [5, 5.41) is 0. The molecule has 3 nitrogen and oxygen atoms in total. The molecule has 34 valence electrons. The van der Waals surface area contributed by atoms with E-state index >= 15 is 0 Å². The molecule has 0 spiro atoms. The molecule has 1 heterocycles. The van der Waals surface area contributed by atoms with Gasteiger partial charge in [-0.15, -0.1) is 0 Å². The molecule has 1 aromatic rings. The second-order valence-electron chi connectivity index (χ2n) is 0.974. The zero-order chi connectivity index (χ0) is 4.41. The summed E-state index contributed by atoms with van der Waals surface area (Å²) in [7, 11) is 0. The fourth-order valence-corrected chi connectivity index (χ4v) is 0.277. The molecule has 0 aliphatic carbocycles. The van der Waals surface area contributed by atoms with Crippen LogP contribution in [-0.4, -0.2) is 9.97 Å². The van der Waals surface area contributed by atoms with Crippen molar-refractivity contribution >= 4 is 5.95 Å². The summed E-state index contributed by atoms with van der Waals surface area (Å²) in [5.74, 6) is 0.468. The molecule has 0 aromatic carbocycles. The first-order chi connectivity index (χ1) is 2.89. The van der Waals surface area contributed by atoms with E-state index < -0.39 is 0 Å². The molecule has 0 radical (unpaired) electrons. The molecule has 3 N–H and O–H groups in total. The molecule has 0 fully saturated rings. The second kappa shape index (κ2) is 2.75. The van der Waals surface area contributed by atoms with Gasteiger partial charge in [-0.05, 0) is 0 Å². The SMILES string of the molecule is Nc1ncc[nH]1.[Zn]. The van der Waals surface area contributed by atoms with E-state index in [4.69, 9.17) is 5.73 Å². The number of nitrogen functional groups attached to an aromatic ring is 1. The van der Waals surface area contributed by atoms with E-state index in [0.29, 0.717) is 5.95 Å². The number of hydrogen-bond acceptors (Lipinski definition) is 2. The van der Waals surface area contributed by atoms with Crippen LogP contribution in [0.15, 0.2) is 12.4 Å². The quantitative estimate of drug-likeness (QED) is 0.509. The number of hydrogen-bond donors (Lipinski definition) is 2. The number of nitrogens with two attached hydrogens (primary N) is 1. The summed E-state index contributed by atoms with van der Waals surface area (Å²) >= 11 is 0. The largest absolute Gasteiger partial charge is 0.369 e. The number of rotatable bonds is 0. The third-order valence-electron chi connectivity index (χ3n) is 0.519. The van der Waals surface area contributed by atoms with Crippen molar-refractivity contribution in [3.05, 3.63) is 12.4 Å². The van der Waals surface area contributed by atoms with Crippen LogP contribution in [0.5, 0.6) is 0 Å². The number of H-pyrrole nitrogens is 1. The molecule has 0 aliphatic heterocycles. The van der Waals surface area contributed by atoms with Crippen molar-refractivity contribution in [2.24, 2.45) is 0 Å². The molecule has 0 aliphatic rings. The van der Waals surface area contributed by atoms with Gasteiger partial charge in [0.25, 0.3) is 0 Å². The minimum atomic E-state index is 0. The Morgan fingerprint density at radius 3 is 2.57 bits per heavy atom. The van der Waals surface area contributed by atoms with Crippen molar-refractivity contribution in [3.63, 3.8) is 0 Å². The first-order valence-electron chi connectivity index (χ1n) is 1.64. The molecular formula is C3H5N3Zn. The van der Waals surface area contributed by atoms with E-state index in [1.54, 1.807) is 12.4 Å². The van der Waals surface area contributed by atoms with Crippen LogP contribution >= 0.6 is 0 Å². The number of aromatic nitrogens is 2. The average molecular weight is 148 g/mol. The number of anilines is 1.